The van der Waals surface area contributed by atoms with Gasteiger partial charge in [0.1, 0.15) is 17.8 Å². The molecule has 0 aliphatic heterocycles. The summed E-state index contributed by atoms with van der Waals surface area (Å²) in [6.07, 6.45) is 3.30. The summed E-state index contributed by atoms with van der Waals surface area (Å²) >= 11 is 3.72. The average molecular weight is 590 g/mol. The minimum Gasteiger partial charge on any atom is -0.400 e. The SMILES string of the molecule is CC1C(C)(C)CCCC1(C#CCOC(c1ccccc1)(c1ccccc1)c1ccccc1)O[Si](C)(C)CBr. The molecule has 0 spiro atoms. The maximum atomic E-state index is 7.01. The topological polar surface area (TPSA) is 18.5 Å². The molecule has 2 atom stereocenters. The van der Waals surface area contributed by atoms with E-state index < -0.39 is 19.5 Å². The molecule has 1 aliphatic rings. The van der Waals surface area contributed by atoms with Crippen LogP contribution < -0.4 is 0 Å². The van der Waals surface area contributed by atoms with Gasteiger partial charge in [0.2, 0.25) is 0 Å². The van der Waals surface area contributed by atoms with Crippen molar-refractivity contribution in [2.75, 3.05) is 11.6 Å². The highest BCUT2D eigenvalue weighted by Gasteiger charge is 2.49. The second kappa shape index (κ2) is 11.9. The molecular formula is C34H41BrO2Si. The molecule has 2 unspecified atom stereocenters. The van der Waals surface area contributed by atoms with Gasteiger partial charge in [-0.15, -0.1) is 0 Å². The van der Waals surface area contributed by atoms with Gasteiger partial charge < -0.3 is 9.16 Å². The van der Waals surface area contributed by atoms with Crippen molar-refractivity contribution in [3.8, 4) is 11.8 Å². The highest BCUT2D eigenvalue weighted by atomic mass is 79.9. The first-order chi connectivity index (χ1) is 18.2. The summed E-state index contributed by atoms with van der Waals surface area (Å²) in [6, 6.07) is 31.5. The minimum atomic E-state index is -1.92. The Kier molecular flexibility index (Phi) is 9.05. The van der Waals surface area contributed by atoms with Gasteiger partial charge >= 0.3 is 0 Å². The fraction of sp³-hybridized carbons (Fsp3) is 0.412. The van der Waals surface area contributed by atoms with E-state index in [2.05, 4.69) is 134 Å². The first-order valence-electron chi connectivity index (χ1n) is 13.7. The van der Waals surface area contributed by atoms with Crippen LogP contribution in [0.2, 0.25) is 13.1 Å². The minimum absolute atomic E-state index is 0.173. The number of benzene rings is 3. The Labute approximate surface area is 239 Å². The Morgan fingerprint density at radius 3 is 1.76 bits per heavy atom. The molecule has 1 aliphatic carbocycles. The molecule has 0 bridgehead atoms. The number of hydrogen-bond donors (Lipinski definition) is 0. The smallest absolute Gasteiger partial charge is 0.199 e. The lowest BCUT2D eigenvalue weighted by Crippen LogP contribution is -2.54. The Hall–Kier alpha value is -2.16. The summed E-state index contributed by atoms with van der Waals surface area (Å²) in [6.45, 7) is 11.9. The van der Waals surface area contributed by atoms with Gasteiger partial charge in [-0.05, 0) is 54.5 Å². The lowest BCUT2D eigenvalue weighted by Gasteiger charge is -2.50. The van der Waals surface area contributed by atoms with Crippen LogP contribution in [0.5, 0.6) is 0 Å². The first-order valence-corrected chi connectivity index (χ1v) is 18.0. The molecule has 1 saturated carbocycles. The highest BCUT2D eigenvalue weighted by molar-refractivity contribution is 9.09. The molecule has 4 heteroatoms. The fourth-order valence-corrected chi connectivity index (χ4v) is 7.54. The number of halogens is 1. The zero-order valence-corrected chi connectivity index (χ0v) is 26.1. The van der Waals surface area contributed by atoms with E-state index in [0.717, 1.165) is 34.5 Å². The molecule has 4 rings (SSSR count). The van der Waals surface area contributed by atoms with Crippen LogP contribution in [0, 0.1) is 23.2 Å². The number of hydrogen-bond acceptors (Lipinski definition) is 2. The maximum absolute atomic E-state index is 7.01. The normalized spacial score (nSPS) is 21.4. The molecular weight excluding hydrogens is 548 g/mol. The molecule has 0 saturated heterocycles. The van der Waals surface area contributed by atoms with Crippen LogP contribution in [-0.2, 0) is 14.8 Å². The first kappa shape index (κ1) is 28.8. The van der Waals surface area contributed by atoms with E-state index in [1.54, 1.807) is 0 Å². The van der Waals surface area contributed by atoms with Gasteiger partial charge in [-0.1, -0.05) is 140 Å². The third kappa shape index (κ3) is 6.02. The maximum Gasteiger partial charge on any atom is 0.199 e. The van der Waals surface area contributed by atoms with E-state index in [-0.39, 0.29) is 5.41 Å². The second-order valence-corrected chi connectivity index (χ2v) is 17.5. The number of ether oxygens (including phenoxy) is 1. The Morgan fingerprint density at radius 1 is 0.842 bits per heavy atom. The van der Waals surface area contributed by atoms with E-state index in [9.17, 15) is 0 Å². The van der Waals surface area contributed by atoms with Gasteiger partial charge in [0.15, 0.2) is 8.32 Å². The van der Waals surface area contributed by atoms with Crippen LogP contribution in [0.4, 0.5) is 0 Å². The number of alkyl halides is 1. The van der Waals surface area contributed by atoms with Crippen molar-refractivity contribution < 1.29 is 9.16 Å². The van der Waals surface area contributed by atoms with E-state index in [0.29, 0.717) is 12.5 Å². The monoisotopic (exact) mass is 588 g/mol. The quantitative estimate of drug-likeness (QED) is 0.113. The summed E-state index contributed by atoms with van der Waals surface area (Å²) in [5.41, 5.74) is 2.21. The van der Waals surface area contributed by atoms with E-state index in [1.807, 2.05) is 18.2 Å². The highest BCUT2D eigenvalue weighted by Crippen LogP contribution is 2.49. The van der Waals surface area contributed by atoms with E-state index in [4.69, 9.17) is 9.16 Å². The van der Waals surface area contributed by atoms with Crippen LogP contribution in [0.25, 0.3) is 0 Å². The van der Waals surface area contributed by atoms with Gasteiger partial charge in [-0.3, -0.25) is 0 Å². The number of rotatable bonds is 8. The Morgan fingerprint density at radius 2 is 1.32 bits per heavy atom. The van der Waals surface area contributed by atoms with Crippen LogP contribution in [0.1, 0.15) is 56.7 Å². The summed E-state index contributed by atoms with van der Waals surface area (Å²) in [5, 5.41) is 0. The third-order valence-corrected chi connectivity index (χ3v) is 13.8. The molecule has 0 radical (unpaired) electrons. The third-order valence-electron chi connectivity index (χ3n) is 8.22. The van der Waals surface area contributed by atoms with Gasteiger partial charge in [0.05, 0.1) is 0 Å². The molecule has 200 valence electrons. The molecule has 0 heterocycles. The molecule has 3 aromatic carbocycles. The second-order valence-electron chi connectivity index (χ2n) is 11.8. The van der Waals surface area contributed by atoms with Crippen molar-refractivity contribution in [1.29, 1.82) is 0 Å². The van der Waals surface area contributed by atoms with Crippen molar-refractivity contribution >= 4 is 24.2 Å². The lowest BCUT2D eigenvalue weighted by molar-refractivity contribution is -0.0378. The van der Waals surface area contributed by atoms with Crippen molar-refractivity contribution in [3.63, 3.8) is 0 Å². The molecule has 38 heavy (non-hydrogen) atoms. The van der Waals surface area contributed by atoms with Crippen molar-refractivity contribution in [1.82, 2.24) is 0 Å². The lowest BCUT2D eigenvalue weighted by atomic mass is 9.62. The summed E-state index contributed by atoms with van der Waals surface area (Å²) < 4.78 is 14.0. The zero-order chi connectivity index (χ0) is 27.3. The summed E-state index contributed by atoms with van der Waals surface area (Å²) in [7, 11) is -1.92. The molecule has 1 fully saturated rings. The van der Waals surface area contributed by atoms with Crippen LogP contribution in [-0.4, -0.2) is 25.5 Å². The van der Waals surface area contributed by atoms with E-state index >= 15 is 0 Å². The summed E-state index contributed by atoms with van der Waals surface area (Å²) in [4.78, 5) is 0.895. The van der Waals surface area contributed by atoms with Crippen molar-refractivity contribution in [2.45, 2.75) is 64.3 Å². The average Bonchev–Trinajstić information content (AvgIpc) is 2.93. The zero-order valence-electron chi connectivity index (χ0n) is 23.5. The van der Waals surface area contributed by atoms with Crippen LogP contribution in [0.15, 0.2) is 91.0 Å². The standard InChI is InChI=1S/C34H41BrO2Si/c1-28-32(2,3)23-15-24-33(28,37-38(4,5)27-35)25-16-26-36-34(29-17-9-6-10-18-29,30-19-11-7-12-20-30)31-21-13-8-14-22-31/h6-14,17-22,28H,15,23-24,26-27H2,1-5H3. The van der Waals surface area contributed by atoms with Gasteiger partial charge in [-0.2, -0.15) is 0 Å². The van der Waals surface area contributed by atoms with E-state index in [1.165, 1.54) is 6.42 Å². The van der Waals surface area contributed by atoms with Crippen LogP contribution in [0.3, 0.4) is 0 Å². The molecule has 0 amide bonds. The van der Waals surface area contributed by atoms with Gasteiger partial charge in [0, 0.05) is 10.9 Å². The van der Waals surface area contributed by atoms with Crippen molar-refractivity contribution in [3.05, 3.63) is 108 Å². The fourth-order valence-electron chi connectivity index (χ4n) is 5.83. The predicted molar refractivity (Wildman–Crippen MR) is 165 cm³/mol. The Balaban J connectivity index is 1.76. The van der Waals surface area contributed by atoms with Gasteiger partial charge in [0.25, 0.3) is 0 Å². The van der Waals surface area contributed by atoms with Gasteiger partial charge in [-0.25, -0.2) is 0 Å². The Bertz CT molecular complexity index is 1130. The molecule has 3 aromatic rings. The van der Waals surface area contributed by atoms with Crippen molar-refractivity contribution in [2.24, 2.45) is 11.3 Å². The predicted octanol–water partition coefficient (Wildman–Crippen LogP) is 8.74. The molecule has 0 N–H and O–H groups in total. The summed E-state index contributed by atoms with van der Waals surface area (Å²) in [5.74, 6) is 7.48. The molecule has 0 aromatic heterocycles. The molecule has 2 nitrogen and oxygen atoms in total. The van der Waals surface area contributed by atoms with Crippen LogP contribution >= 0.6 is 15.9 Å². The largest absolute Gasteiger partial charge is 0.400 e.